The topological polar surface area (TPSA) is 314 Å². The van der Waals surface area contributed by atoms with E-state index in [0.29, 0.717) is 0 Å². The van der Waals surface area contributed by atoms with Gasteiger partial charge in [-0.15, -0.1) is 0 Å². The molecule has 0 radical (unpaired) electrons. The Bertz CT molecular complexity index is 1520. The first-order valence-electron chi connectivity index (χ1n) is 13.3. The van der Waals surface area contributed by atoms with Crippen LogP contribution in [-0.4, -0.2) is 123 Å². The van der Waals surface area contributed by atoms with Crippen molar-refractivity contribution in [2.45, 2.75) is 74.6 Å². The monoisotopic (exact) mass is 632 g/mol. The quantitative estimate of drug-likeness (QED) is 0.116. The molecule has 0 aliphatic carbocycles. The van der Waals surface area contributed by atoms with Gasteiger partial charge in [0.15, 0.2) is 12.5 Å². The molecule has 0 spiro atoms. The van der Waals surface area contributed by atoms with Crippen LogP contribution >= 0.6 is 0 Å². The number of aliphatic carboxylic acids is 1. The number of aromatic amines is 1. The van der Waals surface area contributed by atoms with E-state index in [2.05, 4.69) is 10.3 Å². The van der Waals surface area contributed by atoms with Gasteiger partial charge in [-0.25, -0.2) is 9.59 Å². The highest BCUT2D eigenvalue weighted by Gasteiger charge is 2.45. The normalized spacial score (nSPS) is 28.8. The smallest absolute Gasteiger partial charge is 0.333 e. The van der Waals surface area contributed by atoms with E-state index in [1.165, 1.54) is 6.20 Å². The van der Waals surface area contributed by atoms with Gasteiger partial charge in [0.05, 0.1) is 13.2 Å². The molecule has 246 valence electrons. The minimum Gasteiger partial charge on any atom is -0.480 e. The van der Waals surface area contributed by atoms with Gasteiger partial charge in [0, 0.05) is 37.1 Å². The number of ether oxygens (including phenoxy) is 2. The average molecular weight is 633 g/mol. The number of aliphatic hydroxyl groups excluding tert-OH is 6. The molecule has 44 heavy (non-hydrogen) atoms. The van der Waals surface area contributed by atoms with Gasteiger partial charge >= 0.3 is 17.3 Å². The van der Waals surface area contributed by atoms with Crippen LogP contribution in [-0.2, 0) is 27.4 Å². The highest BCUT2D eigenvalue weighted by atomic mass is 16.6. The lowest BCUT2D eigenvalue weighted by molar-refractivity contribution is -0.138. The molecule has 0 amide bonds. The van der Waals surface area contributed by atoms with Gasteiger partial charge in [0.1, 0.15) is 42.7 Å². The Hall–Kier alpha value is -3.57. The van der Waals surface area contributed by atoms with E-state index < -0.39 is 96.8 Å². The fraction of sp³-hybridized carbons (Fsp3) is 0.625. The second-order valence-electron chi connectivity index (χ2n) is 10.0. The fourth-order valence-electron chi connectivity index (χ4n) is 4.57. The molecule has 0 aromatic carbocycles. The minimum absolute atomic E-state index is 0.148. The third-order valence-corrected chi connectivity index (χ3v) is 7.07. The molecule has 4 heterocycles. The first kappa shape index (κ1) is 34.9. The number of nitrogens with two attached hydrogens (primary N) is 1. The fourth-order valence-corrected chi connectivity index (χ4v) is 4.57. The summed E-state index contributed by atoms with van der Waals surface area (Å²) in [6.45, 7) is -1.06. The van der Waals surface area contributed by atoms with Crippen molar-refractivity contribution in [3.05, 3.63) is 65.7 Å². The Morgan fingerprint density at radius 3 is 2.00 bits per heavy atom. The summed E-state index contributed by atoms with van der Waals surface area (Å²) >= 11 is 0. The van der Waals surface area contributed by atoms with E-state index in [1.807, 2.05) is 0 Å². The number of carbonyl (C=O) groups is 1. The molecule has 2 aromatic rings. The summed E-state index contributed by atoms with van der Waals surface area (Å²) in [6, 6.07) is -0.193. The summed E-state index contributed by atoms with van der Waals surface area (Å²) in [4.78, 5) is 60.4. The maximum atomic E-state index is 12.4. The van der Waals surface area contributed by atoms with Gasteiger partial charge in [-0.1, -0.05) is 0 Å². The lowest BCUT2D eigenvalue weighted by Gasteiger charge is -2.19. The Kier molecular flexibility index (Phi) is 11.9. The van der Waals surface area contributed by atoms with Crippen LogP contribution < -0.4 is 33.5 Å². The van der Waals surface area contributed by atoms with E-state index in [1.54, 1.807) is 7.05 Å². The van der Waals surface area contributed by atoms with E-state index in [4.69, 9.17) is 30.5 Å². The van der Waals surface area contributed by atoms with E-state index in [-0.39, 0.29) is 25.1 Å². The van der Waals surface area contributed by atoms with Crippen molar-refractivity contribution >= 4 is 5.97 Å². The second kappa shape index (κ2) is 14.9. The maximum absolute atomic E-state index is 12.4. The highest BCUT2D eigenvalue weighted by molar-refractivity contribution is 5.72. The lowest BCUT2D eigenvalue weighted by atomic mass is 10.1. The first-order chi connectivity index (χ1) is 20.8. The molecule has 4 rings (SSSR count). The molecule has 1 unspecified atom stereocenters. The molecule has 2 saturated heterocycles. The van der Waals surface area contributed by atoms with Crippen molar-refractivity contribution in [3.8, 4) is 0 Å². The summed E-state index contributed by atoms with van der Waals surface area (Å²) in [5.74, 6) is -1.26. The van der Waals surface area contributed by atoms with Crippen LogP contribution in [0.25, 0.3) is 0 Å². The van der Waals surface area contributed by atoms with Crippen molar-refractivity contribution in [1.29, 1.82) is 0 Å². The SMILES string of the molecule is CNCc1cn([C@@H]2O[C@H](CO)[C@@H](O)[C@H]2O)c(=O)[nH]c1=O.NC(CCn1c(=O)ccn([C@@H]2O[C@H](CO)[C@@H](O)[C@H]2O)c1=O)C(=O)O. The molecule has 0 saturated carbocycles. The van der Waals surface area contributed by atoms with Gasteiger partial charge in [-0.2, -0.15) is 0 Å². The lowest BCUT2D eigenvalue weighted by Crippen LogP contribution is -2.44. The summed E-state index contributed by atoms with van der Waals surface area (Å²) in [5.41, 5.74) is 2.82. The molecule has 9 atom stereocenters. The van der Waals surface area contributed by atoms with Gasteiger partial charge in [0.25, 0.3) is 11.1 Å². The summed E-state index contributed by atoms with van der Waals surface area (Å²) in [6.07, 6.45) is -7.86. The minimum atomic E-state index is -1.48. The average Bonchev–Trinajstić information content (AvgIpc) is 3.43. The van der Waals surface area contributed by atoms with Crippen molar-refractivity contribution in [2.24, 2.45) is 5.73 Å². The van der Waals surface area contributed by atoms with Crippen molar-refractivity contribution in [2.75, 3.05) is 20.3 Å². The second-order valence-corrected chi connectivity index (χ2v) is 10.0. The van der Waals surface area contributed by atoms with Gasteiger partial charge in [-0.3, -0.25) is 33.1 Å². The number of nitrogens with zero attached hydrogens (tertiary/aromatic N) is 3. The Morgan fingerprint density at radius 1 is 0.977 bits per heavy atom. The van der Waals surface area contributed by atoms with Crippen LogP contribution in [0.3, 0.4) is 0 Å². The van der Waals surface area contributed by atoms with Crippen LogP contribution in [0.5, 0.6) is 0 Å². The number of carboxylic acids is 1. The van der Waals surface area contributed by atoms with E-state index in [0.717, 1.165) is 26.0 Å². The third-order valence-electron chi connectivity index (χ3n) is 7.07. The predicted molar refractivity (Wildman–Crippen MR) is 145 cm³/mol. The largest absolute Gasteiger partial charge is 0.480 e. The first-order valence-corrected chi connectivity index (χ1v) is 13.3. The summed E-state index contributed by atoms with van der Waals surface area (Å²) < 4.78 is 13.1. The van der Waals surface area contributed by atoms with Crippen molar-refractivity contribution in [1.82, 2.24) is 24.0 Å². The molecule has 2 aromatic heterocycles. The molecule has 11 N–H and O–H groups in total. The Morgan fingerprint density at radius 2 is 1.52 bits per heavy atom. The van der Waals surface area contributed by atoms with Crippen LogP contribution in [0.1, 0.15) is 24.4 Å². The third kappa shape index (κ3) is 7.38. The van der Waals surface area contributed by atoms with Crippen molar-refractivity contribution < 1.29 is 50.0 Å². The summed E-state index contributed by atoms with van der Waals surface area (Å²) in [7, 11) is 1.64. The number of carboxylic acid groups (broad SMARTS) is 1. The number of aromatic nitrogens is 4. The number of aliphatic hydroxyl groups is 6. The molecular formula is C24H36N6O14. The number of hydrogen-bond acceptors (Lipinski definition) is 15. The predicted octanol–water partition coefficient (Wildman–Crippen LogP) is -6.71. The zero-order valence-electron chi connectivity index (χ0n) is 23.4. The number of H-pyrrole nitrogens is 1. The van der Waals surface area contributed by atoms with Gasteiger partial charge in [0.2, 0.25) is 0 Å². The van der Waals surface area contributed by atoms with Crippen LogP contribution in [0.15, 0.2) is 37.6 Å². The molecule has 2 aliphatic heterocycles. The zero-order valence-corrected chi connectivity index (χ0v) is 23.4. The van der Waals surface area contributed by atoms with Crippen LogP contribution in [0.2, 0.25) is 0 Å². The standard InChI is InChI=1S/C13H19N3O8.C11H17N3O6/c14-6(12(21)22)1-3-15-8(18)2-4-16(13(15)23)11-10(20)9(19)7(5-17)24-11;1-12-2-5-3-14(11(19)13-9(5)18)10-8(17)7(16)6(4-15)20-10/h2,4,6-7,9-11,17,19-20H,1,3,5,14H2,(H,21,22);3,6-8,10,12,15-17H,2,4H2,1H3,(H,13,18,19)/t6?,7-,9-,10-,11-;6-,7-,8-,10-/m11/s1. The van der Waals surface area contributed by atoms with E-state index in [9.17, 15) is 44.4 Å². The van der Waals surface area contributed by atoms with E-state index >= 15 is 0 Å². The number of nitrogens with one attached hydrogen (secondary N) is 2. The molecule has 2 fully saturated rings. The molecule has 20 nitrogen and oxygen atoms in total. The maximum Gasteiger partial charge on any atom is 0.333 e. The number of hydrogen-bond donors (Lipinski definition) is 10. The highest BCUT2D eigenvalue weighted by Crippen LogP contribution is 2.28. The van der Waals surface area contributed by atoms with Crippen LogP contribution in [0, 0.1) is 0 Å². The molecule has 20 heteroatoms. The Balaban J connectivity index is 0.000000244. The van der Waals surface area contributed by atoms with Gasteiger partial charge in [-0.05, 0) is 13.5 Å². The number of rotatable bonds is 10. The molecule has 0 bridgehead atoms. The summed E-state index contributed by atoms with van der Waals surface area (Å²) in [5, 5.41) is 68.9. The Labute approximate surface area is 246 Å². The van der Waals surface area contributed by atoms with Gasteiger partial charge < -0.3 is 56.3 Å². The zero-order chi connectivity index (χ0) is 32.9. The molecular weight excluding hydrogens is 596 g/mol. The molecule has 2 aliphatic rings. The van der Waals surface area contributed by atoms with Crippen molar-refractivity contribution in [3.63, 3.8) is 0 Å². The van der Waals surface area contributed by atoms with Crippen LogP contribution in [0.4, 0.5) is 0 Å².